The molecule has 0 aromatic rings. The molecule has 0 aliphatic heterocycles. The van der Waals surface area contributed by atoms with Gasteiger partial charge in [-0.05, 0) is 77.0 Å². The molecule has 127 heavy (non-hydrogen) atoms. The van der Waals surface area contributed by atoms with Crippen LogP contribution in [0, 0.1) is 0 Å². The van der Waals surface area contributed by atoms with Gasteiger partial charge in [0.05, 0.1) is 65.6 Å². The molecule has 0 fully saturated rings. The zero-order valence-electron chi connectivity index (χ0n) is 73.3. The van der Waals surface area contributed by atoms with Crippen molar-refractivity contribution in [2.45, 2.75) is 225 Å². The van der Waals surface area contributed by atoms with Gasteiger partial charge in [-0.1, -0.05) is 141 Å². The monoisotopic (exact) mass is 1830 g/mol. The Balaban J connectivity index is 5.01. The zero-order chi connectivity index (χ0) is 94.8. The molecule has 0 heterocycles. The number of phosphoric ester groups is 1. The molecule has 0 saturated carbocycles. The second-order valence-electron chi connectivity index (χ2n) is 29.5. The standard InChI is InChI=1S/C81H136N15O30P/c1-3-5-7-9-11-13-15-17-19-21-23-25-27-29-31-37-80(119)123-59-61(126-81(120)38-32-30-28-26-24-22-20-18-16-14-12-10-8-6-4-2)60-125-127(121,122)124-42-41-85-62(97)35-33-34-36-63(98)86-44-65(100)90-50-75(110)96(58-79(117)118)54-71(106)88-46-67(102)92-49-74(109)94(56-77(113)114)52-69(104)84-40-39-83-68(103)51-93(55-76(111)112)73(108)48-91-66(101)45-87-70(105)53-95(57-78(115)116)72(107)47-89-64(99)43-82/h17-20,61H,3-16,21-60,82H2,1-2H3,(H,83,103)(H,84,104)(H,85,97)(H,86,98)(H,87,105)(H,88,106)(H,89,99)(H,90,100)(H,91,101)(H,92,102)(H,111,112)(H,113,114)(H,115,116)(H,117,118)(H,121,122)/b19-17-,20-18-. The molecule has 0 bridgehead atoms. The average molecular weight is 1830 g/mol. The number of rotatable bonds is 79. The third-order valence-corrected chi connectivity index (χ3v) is 19.3. The number of carbonyl (C=O) groups is 20. The van der Waals surface area contributed by atoms with E-state index in [-0.39, 0.29) is 45.1 Å². The molecule has 2 atom stereocenters. The third kappa shape index (κ3) is 69.8. The van der Waals surface area contributed by atoms with Gasteiger partial charge in [-0.3, -0.25) is 105 Å². The highest BCUT2D eigenvalue weighted by Crippen LogP contribution is 2.43. The maximum absolute atomic E-state index is 13.0. The number of nitrogens with two attached hydrogens (primary N) is 1. The van der Waals surface area contributed by atoms with Crippen molar-refractivity contribution in [1.82, 2.24) is 72.8 Å². The van der Waals surface area contributed by atoms with Gasteiger partial charge in [-0.15, -0.1) is 0 Å². The highest BCUT2D eigenvalue weighted by molar-refractivity contribution is 7.47. The van der Waals surface area contributed by atoms with E-state index in [0.717, 1.165) is 77.0 Å². The van der Waals surface area contributed by atoms with Gasteiger partial charge in [0.15, 0.2) is 6.10 Å². The summed E-state index contributed by atoms with van der Waals surface area (Å²) in [5.74, 6) is -20.8. The fraction of sp³-hybridized carbons (Fsp3) is 0.704. The lowest BCUT2D eigenvalue weighted by atomic mass is 10.1. The summed E-state index contributed by atoms with van der Waals surface area (Å²) in [6.07, 6.45) is 36.3. The Labute approximate surface area is 740 Å². The Morgan fingerprint density at radius 3 is 0.945 bits per heavy atom. The van der Waals surface area contributed by atoms with E-state index in [1.165, 1.54) is 77.0 Å². The second-order valence-corrected chi connectivity index (χ2v) is 31.0. The van der Waals surface area contributed by atoms with Crippen molar-refractivity contribution in [3.63, 3.8) is 0 Å². The number of carboxylic acid groups (broad SMARTS) is 4. The van der Waals surface area contributed by atoms with Gasteiger partial charge in [0, 0.05) is 45.3 Å². The van der Waals surface area contributed by atoms with Crippen LogP contribution < -0.4 is 58.9 Å². The van der Waals surface area contributed by atoms with E-state index >= 15 is 0 Å². The van der Waals surface area contributed by atoms with Crippen LogP contribution in [0.3, 0.4) is 0 Å². The van der Waals surface area contributed by atoms with Crippen molar-refractivity contribution in [2.24, 2.45) is 5.73 Å². The SMILES string of the molecule is CCCCCCCC/C=C\CCCCCCCC(=O)OCC(COP(=O)(O)OCCNC(=O)CCCCC(=O)NCC(=O)NCC(=O)N(CC(=O)O)CC(=O)NCC(=O)NCC(=O)N(CC(=O)O)CC(=O)NCCNC(=O)CN(CC(=O)O)C(=O)CNC(=O)CNC(=O)CN(CC(=O)O)C(=O)CNC(=O)CN)OC(=O)CCCCCCC/C=C\CCCCCCCC. The topological polar surface area (TPSA) is 656 Å². The van der Waals surface area contributed by atoms with Gasteiger partial charge in [-0.25, -0.2) is 4.57 Å². The first-order valence-corrected chi connectivity index (χ1v) is 44.7. The number of allylic oxidation sites excluding steroid dienone is 4. The lowest BCUT2D eigenvalue weighted by molar-refractivity contribution is -0.161. The van der Waals surface area contributed by atoms with Crippen LogP contribution in [0.4, 0.5) is 0 Å². The summed E-state index contributed by atoms with van der Waals surface area (Å²) in [5.41, 5.74) is 5.14. The largest absolute Gasteiger partial charge is 0.480 e. The molecular weight excluding hydrogens is 1690 g/mol. The molecule has 720 valence electrons. The number of hydrogen-bond acceptors (Lipinski definition) is 26. The number of nitrogens with one attached hydrogen (secondary N) is 10. The van der Waals surface area contributed by atoms with Gasteiger partial charge in [0.2, 0.25) is 82.7 Å². The number of carbonyl (C=O) groups excluding carboxylic acids is 16. The predicted octanol–water partition coefficient (Wildman–Crippen LogP) is -0.0161. The number of carboxylic acids is 4. The van der Waals surface area contributed by atoms with Crippen LogP contribution in [-0.4, -0.2) is 314 Å². The molecule has 0 radical (unpaired) electrons. The van der Waals surface area contributed by atoms with E-state index < -0.39 is 270 Å². The van der Waals surface area contributed by atoms with E-state index in [4.69, 9.17) is 29.4 Å². The van der Waals surface area contributed by atoms with Gasteiger partial charge in [0.25, 0.3) is 0 Å². The molecule has 14 amide bonds. The van der Waals surface area contributed by atoms with Crippen molar-refractivity contribution in [3.05, 3.63) is 24.3 Å². The van der Waals surface area contributed by atoms with Crippen molar-refractivity contribution in [3.8, 4) is 0 Å². The number of amides is 14. The Morgan fingerprint density at radius 1 is 0.315 bits per heavy atom. The summed E-state index contributed by atoms with van der Waals surface area (Å²) in [7, 11) is -4.80. The molecular formula is C81H136N15O30P. The van der Waals surface area contributed by atoms with E-state index in [1.807, 2.05) is 0 Å². The first kappa shape index (κ1) is 116. The van der Waals surface area contributed by atoms with E-state index in [1.54, 1.807) is 0 Å². The Morgan fingerprint density at radius 2 is 0.598 bits per heavy atom. The lowest BCUT2D eigenvalue weighted by Crippen LogP contribution is -2.50. The quantitative estimate of drug-likeness (QED) is 0.0165. The van der Waals surface area contributed by atoms with Crippen molar-refractivity contribution < 1.29 is 144 Å². The van der Waals surface area contributed by atoms with Gasteiger partial charge < -0.3 is 113 Å². The summed E-state index contributed by atoms with van der Waals surface area (Å²) < 4.78 is 34.1. The predicted molar refractivity (Wildman–Crippen MR) is 456 cm³/mol. The number of hydrogen-bond donors (Lipinski definition) is 16. The van der Waals surface area contributed by atoms with E-state index in [9.17, 15) is 121 Å². The summed E-state index contributed by atoms with van der Waals surface area (Å²) in [4.78, 5) is 260. The summed E-state index contributed by atoms with van der Waals surface area (Å²) >= 11 is 0. The maximum Gasteiger partial charge on any atom is 0.472 e. The minimum Gasteiger partial charge on any atom is -0.480 e. The summed E-state index contributed by atoms with van der Waals surface area (Å²) in [6.45, 7) is -12.3. The number of unbranched alkanes of at least 4 members (excludes halogenated alkanes) is 23. The fourth-order valence-electron chi connectivity index (χ4n) is 11.5. The van der Waals surface area contributed by atoms with Crippen molar-refractivity contribution in [1.29, 1.82) is 0 Å². The first-order chi connectivity index (χ1) is 60.6. The van der Waals surface area contributed by atoms with Crippen LogP contribution in [0.5, 0.6) is 0 Å². The summed E-state index contributed by atoms with van der Waals surface area (Å²) in [5, 5.41) is 59.1. The number of aliphatic carboxylic acids is 4. The molecule has 45 nitrogen and oxygen atoms in total. The third-order valence-electron chi connectivity index (χ3n) is 18.3. The van der Waals surface area contributed by atoms with Gasteiger partial charge in [-0.2, -0.15) is 0 Å². The van der Waals surface area contributed by atoms with Crippen molar-refractivity contribution >= 4 is 126 Å². The molecule has 0 saturated heterocycles. The molecule has 2 unspecified atom stereocenters. The second kappa shape index (κ2) is 74.1. The smallest absolute Gasteiger partial charge is 0.472 e. The highest BCUT2D eigenvalue weighted by atomic mass is 31.2. The van der Waals surface area contributed by atoms with Crippen LogP contribution in [0.25, 0.3) is 0 Å². The Bertz CT molecular complexity index is 3550. The molecule has 0 aliphatic carbocycles. The summed E-state index contributed by atoms with van der Waals surface area (Å²) in [6, 6.07) is 0. The number of nitrogens with zero attached hydrogens (tertiary/aromatic N) is 4. The molecule has 17 N–H and O–H groups in total. The highest BCUT2D eigenvalue weighted by Gasteiger charge is 2.29. The lowest BCUT2D eigenvalue weighted by Gasteiger charge is -2.22. The first-order valence-electron chi connectivity index (χ1n) is 43.2. The normalized spacial score (nSPS) is 11.6. The molecule has 0 aromatic carbocycles. The average Bonchev–Trinajstić information content (AvgIpc) is 0.918. The number of esters is 2. The molecule has 0 rings (SSSR count). The molecule has 0 spiro atoms. The number of ether oxygens (including phenoxy) is 2. The zero-order valence-corrected chi connectivity index (χ0v) is 74.2. The molecule has 0 aliphatic rings. The van der Waals surface area contributed by atoms with Gasteiger partial charge >= 0.3 is 43.6 Å². The maximum atomic E-state index is 13.0. The van der Waals surface area contributed by atoms with Crippen molar-refractivity contribution in [2.75, 3.05) is 144 Å². The number of phosphoric acid groups is 1. The van der Waals surface area contributed by atoms with E-state index in [0.29, 0.717) is 32.4 Å². The molecule has 46 heteroatoms. The minimum atomic E-state index is -4.80. The van der Waals surface area contributed by atoms with E-state index in [2.05, 4.69) is 91.3 Å². The van der Waals surface area contributed by atoms with Gasteiger partial charge in [0.1, 0.15) is 59.0 Å². The fourth-order valence-corrected chi connectivity index (χ4v) is 12.2. The van der Waals surface area contributed by atoms with Crippen LogP contribution in [0.2, 0.25) is 0 Å². The Kier molecular flexibility index (Phi) is 67.6. The minimum absolute atomic E-state index is 0.0765. The van der Waals surface area contributed by atoms with Crippen LogP contribution in [-0.2, 0) is 119 Å². The van der Waals surface area contributed by atoms with Crippen LogP contribution in [0.1, 0.15) is 219 Å². The van der Waals surface area contributed by atoms with Crippen LogP contribution >= 0.6 is 7.82 Å². The Hall–Kier alpha value is -11.1. The van der Waals surface area contributed by atoms with Crippen LogP contribution in [0.15, 0.2) is 24.3 Å². The molecule has 0 aromatic heterocycles.